The van der Waals surface area contributed by atoms with Crippen molar-refractivity contribution in [1.29, 1.82) is 5.26 Å². The minimum Gasteiger partial charge on any atom is -0.455 e. The third-order valence-corrected chi connectivity index (χ3v) is 7.19. The van der Waals surface area contributed by atoms with E-state index in [-0.39, 0.29) is 0 Å². The van der Waals surface area contributed by atoms with Crippen LogP contribution in [0.3, 0.4) is 0 Å². The number of amides is 1. The average Bonchev–Trinajstić information content (AvgIpc) is 2.89. The first-order chi connectivity index (χ1) is 11.7. The number of nitriles is 1. The number of hydrogen-bond donors (Lipinski definition) is 1. The van der Waals surface area contributed by atoms with Gasteiger partial charge in [0, 0.05) is 11.3 Å². The number of rotatable bonds is 4. The Kier molecular flexibility index (Phi) is 4.78. The molecule has 1 heterocycles. The highest BCUT2D eigenvalue weighted by Crippen LogP contribution is 2.64. The summed E-state index contributed by atoms with van der Waals surface area (Å²) >= 11 is 13.3. The molecule has 1 amide bonds. The van der Waals surface area contributed by atoms with Crippen LogP contribution in [0.5, 0.6) is 0 Å². The fourth-order valence-electron chi connectivity index (χ4n) is 3.03. The topological polar surface area (TPSA) is 79.2 Å². The van der Waals surface area contributed by atoms with Crippen LogP contribution in [0, 0.1) is 22.7 Å². The molecule has 1 saturated carbocycles. The van der Waals surface area contributed by atoms with Gasteiger partial charge in [0.25, 0.3) is 5.91 Å². The van der Waals surface area contributed by atoms with Crippen LogP contribution in [0.25, 0.3) is 0 Å². The summed E-state index contributed by atoms with van der Waals surface area (Å²) < 4.78 is 3.91. The number of anilines is 1. The number of carbonyl (C=O) groups is 2. The van der Waals surface area contributed by atoms with Gasteiger partial charge in [-0.15, -0.1) is 34.5 Å². The highest BCUT2D eigenvalue weighted by atomic mass is 35.5. The number of thiophene rings is 1. The van der Waals surface area contributed by atoms with Crippen LogP contribution >= 0.6 is 34.5 Å². The van der Waals surface area contributed by atoms with Crippen LogP contribution in [0.15, 0.2) is 0 Å². The first-order valence-electron chi connectivity index (χ1n) is 8.07. The summed E-state index contributed by atoms with van der Waals surface area (Å²) in [6.07, 6.45) is 3.12. The summed E-state index contributed by atoms with van der Waals surface area (Å²) in [5.74, 6) is -0.490. The Labute approximate surface area is 160 Å². The van der Waals surface area contributed by atoms with Crippen molar-refractivity contribution in [2.24, 2.45) is 11.3 Å². The largest absolute Gasteiger partial charge is 0.455 e. The Morgan fingerprint density at radius 1 is 1.48 bits per heavy atom. The molecule has 1 aromatic heterocycles. The van der Waals surface area contributed by atoms with Crippen LogP contribution in [-0.2, 0) is 27.2 Å². The fraction of sp³-hybridized carbons (Fsp3) is 0.588. The molecule has 1 fully saturated rings. The lowest BCUT2D eigenvalue weighted by Crippen LogP contribution is -2.26. The van der Waals surface area contributed by atoms with E-state index in [1.807, 2.05) is 0 Å². The molecule has 2 aliphatic rings. The molecule has 0 aromatic carbocycles. The second kappa shape index (κ2) is 6.46. The standard InChI is InChI=1S/C17H18Cl2N2O3S/c1-9-3-4-10-11(6-20)14(25-12(10)5-9)21-13(22)7-24-15(23)16(2)8-17(16,18)19/h9H,3-5,7-8H2,1-2H3,(H,21,22). The monoisotopic (exact) mass is 400 g/mol. The summed E-state index contributed by atoms with van der Waals surface area (Å²) in [5, 5.41) is 12.7. The molecule has 0 radical (unpaired) electrons. The molecule has 0 spiro atoms. The van der Waals surface area contributed by atoms with E-state index in [0.29, 0.717) is 22.9 Å². The molecule has 1 N–H and O–H groups in total. The van der Waals surface area contributed by atoms with E-state index in [9.17, 15) is 14.9 Å². The van der Waals surface area contributed by atoms with Crippen molar-refractivity contribution in [3.8, 4) is 6.07 Å². The zero-order valence-corrected chi connectivity index (χ0v) is 16.3. The molecule has 0 saturated heterocycles. The van der Waals surface area contributed by atoms with Gasteiger partial charge in [-0.3, -0.25) is 9.59 Å². The Morgan fingerprint density at radius 2 is 2.16 bits per heavy atom. The maximum absolute atomic E-state index is 12.1. The molecule has 25 heavy (non-hydrogen) atoms. The van der Waals surface area contributed by atoms with Crippen molar-refractivity contribution < 1.29 is 14.3 Å². The van der Waals surface area contributed by atoms with Crippen LogP contribution in [0.1, 0.15) is 42.7 Å². The molecule has 1 aromatic rings. The lowest BCUT2D eigenvalue weighted by atomic mass is 9.89. The lowest BCUT2D eigenvalue weighted by Gasteiger charge is -2.17. The van der Waals surface area contributed by atoms with Gasteiger partial charge in [-0.1, -0.05) is 6.92 Å². The van der Waals surface area contributed by atoms with E-state index in [4.69, 9.17) is 27.9 Å². The quantitative estimate of drug-likeness (QED) is 0.615. The predicted molar refractivity (Wildman–Crippen MR) is 97.0 cm³/mol. The first kappa shape index (κ1) is 18.5. The molecule has 0 bridgehead atoms. The summed E-state index contributed by atoms with van der Waals surface area (Å²) in [4.78, 5) is 25.3. The minimum absolute atomic E-state index is 0.304. The number of esters is 1. The number of nitrogens with one attached hydrogen (secondary N) is 1. The highest BCUT2D eigenvalue weighted by molar-refractivity contribution is 7.16. The minimum atomic E-state index is -1.13. The zero-order valence-electron chi connectivity index (χ0n) is 13.9. The number of ether oxygens (including phenoxy) is 1. The van der Waals surface area contributed by atoms with Gasteiger partial charge in [0.1, 0.15) is 20.8 Å². The van der Waals surface area contributed by atoms with Gasteiger partial charge in [-0.2, -0.15) is 5.26 Å². The molecule has 2 atom stereocenters. The van der Waals surface area contributed by atoms with Crippen molar-refractivity contribution in [3.05, 3.63) is 16.0 Å². The lowest BCUT2D eigenvalue weighted by molar-refractivity contribution is -0.152. The van der Waals surface area contributed by atoms with Crippen LogP contribution in [-0.4, -0.2) is 22.8 Å². The van der Waals surface area contributed by atoms with Crippen molar-refractivity contribution in [2.75, 3.05) is 11.9 Å². The highest BCUT2D eigenvalue weighted by Gasteiger charge is 2.69. The molecule has 5 nitrogen and oxygen atoms in total. The van der Waals surface area contributed by atoms with Crippen molar-refractivity contribution >= 4 is 51.4 Å². The van der Waals surface area contributed by atoms with Crippen LogP contribution < -0.4 is 5.32 Å². The molecule has 0 aliphatic heterocycles. The Balaban J connectivity index is 1.62. The fourth-order valence-corrected chi connectivity index (χ4v) is 5.10. The van der Waals surface area contributed by atoms with Crippen molar-refractivity contribution in [3.63, 3.8) is 0 Å². The molecule has 2 unspecified atom stereocenters. The Bertz CT molecular complexity index is 784. The number of alkyl halides is 2. The summed E-state index contributed by atoms with van der Waals surface area (Å²) in [7, 11) is 0. The van der Waals surface area contributed by atoms with Gasteiger partial charge in [0.2, 0.25) is 0 Å². The third kappa shape index (κ3) is 3.38. The first-order valence-corrected chi connectivity index (χ1v) is 9.64. The Morgan fingerprint density at radius 3 is 2.76 bits per heavy atom. The molecule has 3 rings (SSSR count). The second-order valence-corrected chi connectivity index (χ2v) is 9.59. The van der Waals surface area contributed by atoms with Crippen molar-refractivity contribution in [1.82, 2.24) is 0 Å². The van der Waals surface area contributed by atoms with E-state index in [0.717, 1.165) is 29.7 Å². The van der Waals surface area contributed by atoms with Gasteiger partial charge < -0.3 is 10.1 Å². The number of nitrogens with zero attached hydrogens (tertiary/aromatic N) is 1. The van der Waals surface area contributed by atoms with Gasteiger partial charge in [-0.25, -0.2) is 0 Å². The van der Waals surface area contributed by atoms with Crippen LogP contribution in [0.4, 0.5) is 5.00 Å². The number of fused-ring (bicyclic) bond motifs is 1. The van der Waals surface area contributed by atoms with E-state index in [2.05, 4.69) is 18.3 Å². The van der Waals surface area contributed by atoms with Gasteiger partial charge in [-0.05, 0) is 37.7 Å². The number of carbonyl (C=O) groups excluding carboxylic acids is 2. The summed E-state index contributed by atoms with van der Waals surface area (Å²) in [6, 6.07) is 2.19. The predicted octanol–water partition coefficient (Wildman–Crippen LogP) is 3.81. The molecule has 134 valence electrons. The summed E-state index contributed by atoms with van der Waals surface area (Å²) in [6.45, 7) is 3.36. The SMILES string of the molecule is CC1CCc2c(sc(NC(=O)COC(=O)C3(C)CC3(Cl)Cl)c2C#N)C1. The maximum Gasteiger partial charge on any atom is 0.315 e. The molecular weight excluding hydrogens is 383 g/mol. The van der Waals surface area contributed by atoms with Gasteiger partial charge in [0.05, 0.1) is 5.56 Å². The van der Waals surface area contributed by atoms with E-state index >= 15 is 0 Å². The molecule has 8 heteroatoms. The summed E-state index contributed by atoms with van der Waals surface area (Å²) in [5.41, 5.74) is 0.602. The normalized spacial score (nSPS) is 26.3. The molecule has 2 aliphatic carbocycles. The van der Waals surface area contributed by atoms with Gasteiger partial charge in [0.15, 0.2) is 6.61 Å². The maximum atomic E-state index is 12.1. The smallest absolute Gasteiger partial charge is 0.315 e. The van der Waals surface area contributed by atoms with Gasteiger partial charge >= 0.3 is 5.97 Å². The van der Waals surface area contributed by atoms with Crippen molar-refractivity contribution in [2.45, 2.75) is 43.9 Å². The Hall–Kier alpha value is -1.29. The third-order valence-electron chi connectivity index (χ3n) is 4.92. The number of hydrogen-bond acceptors (Lipinski definition) is 5. The van der Waals surface area contributed by atoms with E-state index < -0.39 is 28.2 Å². The molecular formula is C17H18Cl2N2O3S. The average molecular weight is 401 g/mol. The second-order valence-electron chi connectivity index (χ2n) is 7.01. The number of halogens is 2. The zero-order chi connectivity index (χ0) is 18.4. The van der Waals surface area contributed by atoms with E-state index in [1.165, 1.54) is 11.3 Å². The van der Waals surface area contributed by atoms with E-state index in [1.54, 1.807) is 6.92 Å². The van der Waals surface area contributed by atoms with Crippen LogP contribution in [0.2, 0.25) is 0 Å².